The molecule has 0 saturated carbocycles. The van der Waals surface area contributed by atoms with Crippen molar-refractivity contribution in [2.75, 3.05) is 45.9 Å². The van der Waals surface area contributed by atoms with E-state index < -0.39 is 0 Å². The molecule has 2 heterocycles. The Hall–Kier alpha value is -0.810. The monoisotopic (exact) mass is 255 g/mol. The molecule has 0 radical (unpaired) electrons. The molecule has 0 aliphatic carbocycles. The quantitative estimate of drug-likeness (QED) is 0.758. The first-order valence-electron chi connectivity index (χ1n) is 7.17. The smallest absolute Gasteiger partial charge is 0.409 e. The van der Waals surface area contributed by atoms with Crippen LogP contribution in [-0.2, 0) is 4.74 Å². The second-order valence-electron chi connectivity index (χ2n) is 5.14. The van der Waals surface area contributed by atoms with Crippen LogP contribution in [0.1, 0.15) is 26.2 Å². The van der Waals surface area contributed by atoms with Crippen LogP contribution in [0.3, 0.4) is 0 Å². The van der Waals surface area contributed by atoms with Gasteiger partial charge in [0, 0.05) is 45.3 Å². The van der Waals surface area contributed by atoms with E-state index in [1.807, 2.05) is 4.90 Å². The van der Waals surface area contributed by atoms with Gasteiger partial charge in [-0.2, -0.15) is 0 Å². The zero-order chi connectivity index (χ0) is 12.8. The van der Waals surface area contributed by atoms with Gasteiger partial charge in [-0.15, -0.1) is 0 Å². The summed E-state index contributed by atoms with van der Waals surface area (Å²) in [5, 5.41) is 3.36. The molecule has 0 bridgehead atoms. The van der Waals surface area contributed by atoms with Crippen LogP contribution in [0.5, 0.6) is 0 Å². The van der Waals surface area contributed by atoms with E-state index in [-0.39, 0.29) is 6.09 Å². The molecular weight excluding hydrogens is 230 g/mol. The molecule has 18 heavy (non-hydrogen) atoms. The molecule has 1 atom stereocenters. The van der Waals surface area contributed by atoms with Gasteiger partial charge in [0.2, 0.25) is 0 Å². The Morgan fingerprint density at radius 1 is 1.33 bits per heavy atom. The molecule has 2 aliphatic rings. The lowest BCUT2D eigenvalue weighted by atomic mass is 10.2. The average Bonchev–Trinajstić information content (AvgIpc) is 2.89. The molecule has 104 valence electrons. The highest BCUT2D eigenvalue weighted by molar-refractivity contribution is 5.68. The van der Waals surface area contributed by atoms with Crippen LogP contribution in [-0.4, -0.2) is 67.8 Å². The lowest BCUT2D eigenvalue weighted by molar-refractivity contribution is 0.104. The van der Waals surface area contributed by atoms with E-state index in [1.165, 1.54) is 0 Å². The van der Waals surface area contributed by atoms with Gasteiger partial charge in [-0.05, 0) is 12.8 Å². The number of unbranched alkanes of at least 4 members (excludes halogenated alkanes) is 1. The second kappa shape index (κ2) is 6.95. The topological polar surface area (TPSA) is 44.8 Å². The number of carbonyl (C=O) groups excluding carboxylic acids is 1. The van der Waals surface area contributed by atoms with E-state index in [9.17, 15) is 4.79 Å². The molecule has 1 unspecified atom stereocenters. The SMILES string of the molecule is CCCCOC(=O)N1CCC(N2CCNCC2)C1. The summed E-state index contributed by atoms with van der Waals surface area (Å²) < 4.78 is 5.26. The summed E-state index contributed by atoms with van der Waals surface area (Å²) in [6.45, 7) is 8.68. The highest BCUT2D eigenvalue weighted by Crippen LogP contribution is 2.17. The van der Waals surface area contributed by atoms with Crippen molar-refractivity contribution in [2.24, 2.45) is 0 Å². The summed E-state index contributed by atoms with van der Waals surface area (Å²) >= 11 is 0. The van der Waals surface area contributed by atoms with Crippen molar-refractivity contribution < 1.29 is 9.53 Å². The van der Waals surface area contributed by atoms with Crippen LogP contribution in [0.4, 0.5) is 4.79 Å². The molecule has 2 rings (SSSR count). The minimum absolute atomic E-state index is 0.124. The number of carbonyl (C=O) groups is 1. The van der Waals surface area contributed by atoms with E-state index >= 15 is 0 Å². The standard InChI is InChI=1S/C13H25N3O2/c1-2-3-10-18-13(17)16-7-4-12(11-16)15-8-5-14-6-9-15/h12,14H,2-11H2,1H3. The number of rotatable bonds is 4. The number of nitrogens with zero attached hydrogens (tertiary/aromatic N) is 2. The van der Waals surface area contributed by atoms with Crippen molar-refractivity contribution in [1.82, 2.24) is 15.1 Å². The summed E-state index contributed by atoms with van der Waals surface area (Å²) in [5.41, 5.74) is 0. The fraction of sp³-hybridized carbons (Fsp3) is 0.923. The Labute approximate surface area is 109 Å². The Bertz CT molecular complexity index is 267. The van der Waals surface area contributed by atoms with Crippen molar-refractivity contribution in [3.8, 4) is 0 Å². The third-order valence-electron chi connectivity index (χ3n) is 3.81. The summed E-state index contributed by atoms with van der Waals surface area (Å²) in [7, 11) is 0. The van der Waals surface area contributed by atoms with E-state index in [0.29, 0.717) is 12.6 Å². The van der Waals surface area contributed by atoms with Crippen LogP contribution in [0.25, 0.3) is 0 Å². The van der Waals surface area contributed by atoms with Crippen molar-refractivity contribution in [3.05, 3.63) is 0 Å². The highest BCUT2D eigenvalue weighted by Gasteiger charge is 2.31. The predicted octanol–water partition coefficient (Wildman–Crippen LogP) is 0.903. The molecule has 2 aliphatic heterocycles. The number of hydrogen-bond acceptors (Lipinski definition) is 4. The summed E-state index contributed by atoms with van der Waals surface area (Å²) in [6, 6.07) is 0.533. The van der Waals surface area contributed by atoms with Gasteiger partial charge in [0.25, 0.3) is 0 Å². The van der Waals surface area contributed by atoms with Gasteiger partial charge < -0.3 is 15.0 Å². The Kier molecular flexibility index (Phi) is 5.26. The molecule has 2 saturated heterocycles. The van der Waals surface area contributed by atoms with Crippen molar-refractivity contribution in [3.63, 3.8) is 0 Å². The van der Waals surface area contributed by atoms with Crippen LogP contribution < -0.4 is 5.32 Å². The minimum atomic E-state index is -0.124. The summed E-state index contributed by atoms with van der Waals surface area (Å²) in [4.78, 5) is 16.2. The number of piperazine rings is 1. The lowest BCUT2D eigenvalue weighted by Gasteiger charge is -2.32. The van der Waals surface area contributed by atoms with Gasteiger partial charge in [-0.25, -0.2) is 4.79 Å². The van der Waals surface area contributed by atoms with Gasteiger partial charge in [0.05, 0.1) is 6.61 Å². The maximum atomic E-state index is 11.8. The van der Waals surface area contributed by atoms with Crippen LogP contribution in [0.2, 0.25) is 0 Å². The van der Waals surface area contributed by atoms with Gasteiger partial charge in [0.15, 0.2) is 0 Å². The van der Waals surface area contributed by atoms with Gasteiger partial charge in [0.1, 0.15) is 0 Å². The first-order valence-corrected chi connectivity index (χ1v) is 7.17. The molecule has 0 spiro atoms. The average molecular weight is 255 g/mol. The molecule has 2 fully saturated rings. The molecular formula is C13H25N3O2. The first-order chi connectivity index (χ1) is 8.81. The van der Waals surface area contributed by atoms with Crippen molar-refractivity contribution >= 4 is 6.09 Å². The van der Waals surface area contributed by atoms with E-state index in [1.54, 1.807) is 0 Å². The van der Waals surface area contributed by atoms with E-state index in [4.69, 9.17) is 4.74 Å². The van der Waals surface area contributed by atoms with Gasteiger partial charge >= 0.3 is 6.09 Å². The number of nitrogens with one attached hydrogen (secondary N) is 1. The number of likely N-dealkylation sites (tertiary alicyclic amines) is 1. The molecule has 1 N–H and O–H groups in total. The molecule has 0 aromatic heterocycles. The Morgan fingerprint density at radius 3 is 2.83 bits per heavy atom. The fourth-order valence-corrected chi connectivity index (χ4v) is 2.65. The lowest BCUT2D eigenvalue weighted by Crippen LogP contribution is -2.49. The fourth-order valence-electron chi connectivity index (χ4n) is 2.65. The van der Waals surface area contributed by atoms with Gasteiger partial charge in [-0.3, -0.25) is 4.90 Å². The van der Waals surface area contributed by atoms with Crippen molar-refractivity contribution in [2.45, 2.75) is 32.2 Å². The zero-order valence-corrected chi connectivity index (χ0v) is 11.4. The maximum Gasteiger partial charge on any atom is 0.409 e. The number of hydrogen-bond donors (Lipinski definition) is 1. The normalized spacial score (nSPS) is 25.4. The molecule has 0 aromatic carbocycles. The maximum absolute atomic E-state index is 11.8. The van der Waals surface area contributed by atoms with Crippen LogP contribution in [0.15, 0.2) is 0 Å². The number of amides is 1. The third-order valence-corrected chi connectivity index (χ3v) is 3.81. The number of ether oxygens (including phenoxy) is 1. The first kappa shape index (κ1) is 13.6. The third kappa shape index (κ3) is 3.59. The van der Waals surface area contributed by atoms with Crippen LogP contribution in [0, 0.1) is 0 Å². The summed E-state index contributed by atoms with van der Waals surface area (Å²) in [5.74, 6) is 0. The highest BCUT2D eigenvalue weighted by atomic mass is 16.6. The molecule has 5 nitrogen and oxygen atoms in total. The largest absolute Gasteiger partial charge is 0.449 e. The molecule has 5 heteroatoms. The van der Waals surface area contributed by atoms with Crippen LogP contribution >= 0.6 is 0 Å². The van der Waals surface area contributed by atoms with Gasteiger partial charge in [-0.1, -0.05) is 13.3 Å². The molecule has 0 aromatic rings. The summed E-state index contributed by atoms with van der Waals surface area (Å²) in [6.07, 6.45) is 2.99. The predicted molar refractivity (Wildman–Crippen MR) is 70.7 cm³/mol. The molecule has 1 amide bonds. The van der Waals surface area contributed by atoms with Crippen molar-refractivity contribution in [1.29, 1.82) is 0 Å². The van der Waals surface area contributed by atoms with E-state index in [0.717, 1.165) is 58.5 Å². The van der Waals surface area contributed by atoms with E-state index in [2.05, 4.69) is 17.1 Å². The zero-order valence-electron chi connectivity index (χ0n) is 11.4. The Balaban J connectivity index is 1.71. The second-order valence-corrected chi connectivity index (χ2v) is 5.14. The Morgan fingerprint density at radius 2 is 2.11 bits per heavy atom. The minimum Gasteiger partial charge on any atom is -0.449 e.